The fourth-order valence-corrected chi connectivity index (χ4v) is 4.46. The fourth-order valence-electron chi connectivity index (χ4n) is 4.46. The number of benzene rings is 3. The summed E-state index contributed by atoms with van der Waals surface area (Å²) in [5.74, 6) is 1.49. The topological polar surface area (TPSA) is 78.8 Å². The van der Waals surface area contributed by atoms with Gasteiger partial charge in [-0.25, -0.2) is 0 Å². The minimum absolute atomic E-state index is 0.0923. The van der Waals surface area contributed by atoms with E-state index in [1.54, 1.807) is 18.8 Å². The Labute approximate surface area is 196 Å². The van der Waals surface area contributed by atoms with Crippen molar-refractivity contribution in [1.82, 2.24) is 9.88 Å². The van der Waals surface area contributed by atoms with Crippen molar-refractivity contribution in [3.05, 3.63) is 88.2 Å². The normalized spacial score (nSPS) is 12.2. The van der Waals surface area contributed by atoms with Gasteiger partial charge in [-0.2, -0.15) is 0 Å². The Morgan fingerprint density at radius 1 is 1.03 bits per heavy atom. The van der Waals surface area contributed by atoms with Gasteiger partial charge in [-0.3, -0.25) is 9.59 Å². The Morgan fingerprint density at radius 2 is 1.85 bits per heavy atom. The van der Waals surface area contributed by atoms with Crippen LogP contribution in [0.1, 0.15) is 15.9 Å². The summed E-state index contributed by atoms with van der Waals surface area (Å²) in [4.78, 5) is 27.3. The highest BCUT2D eigenvalue weighted by atomic mass is 16.5. The van der Waals surface area contributed by atoms with Crippen LogP contribution in [0.2, 0.25) is 0 Å². The zero-order valence-corrected chi connectivity index (χ0v) is 19.0. The van der Waals surface area contributed by atoms with Crippen molar-refractivity contribution >= 4 is 16.8 Å². The summed E-state index contributed by atoms with van der Waals surface area (Å²) in [6.07, 6.45) is 0. The largest absolute Gasteiger partial charge is 0.497 e. The number of nitrogens with zero attached hydrogens (tertiary/aromatic N) is 1. The predicted octanol–water partition coefficient (Wildman–Crippen LogP) is 4.01. The Bertz CT molecular complexity index is 1460. The highest BCUT2D eigenvalue weighted by Gasteiger charge is 2.27. The molecule has 7 nitrogen and oxygen atoms in total. The zero-order chi connectivity index (χ0) is 23.7. The molecule has 1 N–H and O–H groups in total. The van der Waals surface area contributed by atoms with E-state index in [1.807, 2.05) is 66.7 Å². The standard InChI is InChI=1S/C27H24N2O5/c1-32-19-9-5-8-17(15-19)23-20-10-6-12-22-25(20)29(13-14-34-22)27(31)24(23)26(30)28-16-18-7-3-4-11-21(18)33-2/h3-12,15H,13-14,16H2,1-2H3,(H,28,30). The molecule has 5 rings (SSSR count). The van der Waals surface area contributed by atoms with Crippen molar-refractivity contribution in [3.63, 3.8) is 0 Å². The Hall–Kier alpha value is -4.26. The lowest BCUT2D eigenvalue weighted by Gasteiger charge is -2.23. The van der Waals surface area contributed by atoms with Crippen molar-refractivity contribution in [2.45, 2.75) is 13.1 Å². The molecule has 4 aromatic rings. The van der Waals surface area contributed by atoms with Gasteiger partial charge in [0.25, 0.3) is 11.5 Å². The second-order valence-corrected chi connectivity index (χ2v) is 7.93. The molecule has 1 aliphatic heterocycles. The molecule has 0 fully saturated rings. The molecular formula is C27H24N2O5. The Morgan fingerprint density at radius 3 is 2.68 bits per heavy atom. The molecule has 0 bridgehead atoms. The molecule has 34 heavy (non-hydrogen) atoms. The SMILES string of the molecule is COc1cccc(-c2c(C(=O)NCc3ccccc3OC)c(=O)n3c4c(cccc24)OCC3)c1. The van der Waals surface area contributed by atoms with E-state index in [0.29, 0.717) is 47.0 Å². The fraction of sp³-hybridized carbons (Fsp3) is 0.185. The van der Waals surface area contributed by atoms with Crippen LogP contribution < -0.4 is 25.1 Å². The average Bonchev–Trinajstić information content (AvgIpc) is 2.89. The Balaban J connectivity index is 1.70. The van der Waals surface area contributed by atoms with Crippen LogP contribution in [0.3, 0.4) is 0 Å². The van der Waals surface area contributed by atoms with Crippen LogP contribution in [0.25, 0.3) is 22.0 Å². The molecule has 172 valence electrons. The van der Waals surface area contributed by atoms with Gasteiger partial charge in [0.05, 0.1) is 26.3 Å². The summed E-state index contributed by atoms with van der Waals surface area (Å²) in [6, 6.07) is 20.4. The van der Waals surface area contributed by atoms with Gasteiger partial charge < -0.3 is 24.1 Å². The van der Waals surface area contributed by atoms with Gasteiger partial charge in [0.2, 0.25) is 0 Å². The molecule has 0 radical (unpaired) electrons. The molecule has 0 saturated carbocycles. The highest BCUT2D eigenvalue weighted by molar-refractivity contribution is 6.10. The molecule has 0 saturated heterocycles. The van der Waals surface area contributed by atoms with Crippen LogP contribution in [0.15, 0.2) is 71.5 Å². The molecular weight excluding hydrogens is 432 g/mol. The minimum Gasteiger partial charge on any atom is -0.497 e. The lowest BCUT2D eigenvalue weighted by atomic mass is 9.94. The lowest BCUT2D eigenvalue weighted by molar-refractivity contribution is 0.0949. The monoisotopic (exact) mass is 456 g/mol. The van der Waals surface area contributed by atoms with E-state index in [-0.39, 0.29) is 17.7 Å². The van der Waals surface area contributed by atoms with Crippen LogP contribution in [0.5, 0.6) is 17.2 Å². The van der Waals surface area contributed by atoms with Crippen molar-refractivity contribution < 1.29 is 19.0 Å². The molecule has 1 aliphatic rings. The van der Waals surface area contributed by atoms with Crippen LogP contribution in [-0.2, 0) is 13.1 Å². The molecule has 0 unspecified atom stereocenters. The second-order valence-electron chi connectivity index (χ2n) is 7.93. The van der Waals surface area contributed by atoms with Crippen LogP contribution >= 0.6 is 0 Å². The predicted molar refractivity (Wildman–Crippen MR) is 130 cm³/mol. The average molecular weight is 456 g/mol. The summed E-state index contributed by atoms with van der Waals surface area (Å²) in [6.45, 7) is 0.964. The van der Waals surface area contributed by atoms with E-state index in [0.717, 1.165) is 10.9 Å². The van der Waals surface area contributed by atoms with Gasteiger partial charge in [0.1, 0.15) is 29.4 Å². The summed E-state index contributed by atoms with van der Waals surface area (Å²) in [5.41, 5.74) is 2.53. The van der Waals surface area contributed by atoms with Gasteiger partial charge in [0, 0.05) is 23.1 Å². The molecule has 3 aromatic carbocycles. The molecule has 1 amide bonds. The first-order chi connectivity index (χ1) is 16.6. The van der Waals surface area contributed by atoms with E-state index in [2.05, 4.69) is 5.32 Å². The van der Waals surface area contributed by atoms with Crippen molar-refractivity contribution in [2.24, 2.45) is 0 Å². The minimum atomic E-state index is -0.448. The van der Waals surface area contributed by atoms with E-state index < -0.39 is 5.91 Å². The third-order valence-electron chi connectivity index (χ3n) is 6.04. The summed E-state index contributed by atoms with van der Waals surface area (Å²) >= 11 is 0. The first-order valence-electron chi connectivity index (χ1n) is 11.0. The van der Waals surface area contributed by atoms with Crippen LogP contribution in [-0.4, -0.2) is 31.3 Å². The number of carbonyl (C=O) groups is 1. The number of hydrogen-bond acceptors (Lipinski definition) is 5. The number of methoxy groups -OCH3 is 2. The smallest absolute Gasteiger partial charge is 0.264 e. The second kappa shape index (κ2) is 8.94. The third-order valence-corrected chi connectivity index (χ3v) is 6.04. The number of carbonyl (C=O) groups excluding carboxylic acids is 1. The maximum absolute atomic E-state index is 13.7. The van der Waals surface area contributed by atoms with Crippen molar-refractivity contribution in [3.8, 4) is 28.4 Å². The molecule has 7 heteroatoms. The number of rotatable bonds is 6. The molecule has 2 heterocycles. The quantitative estimate of drug-likeness (QED) is 0.474. The lowest BCUT2D eigenvalue weighted by Crippen LogP contribution is -2.36. The van der Waals surface area contributed by atoms with E-state index in [1.165, 1.54) is 0 Å². The van der Waals surface area contributed by atoms with E-state index in [9.17, 15) is 9.59 Å². The van der Waals surface area contributed by atoms with E-state index in [4.69, 9.17) is 14.2 Å². The molecule has 0 atom stereocenters. The van der Waals surface area contributed by atoms with Gasteiger partial charge >= 0.3 is 0 Å². The summed E-state index contributed by atoms with van der Waals surface area (Å²) in [7, 11) is 3.17. The maximum Gasteiger partial charge on any atom is 0.264 e. The first kappa shape index (κ1) is 21.6. The zero-order valence-electron chi connectivity index (χ0n) is 19.0. The van der Waals surface area contributed by atoms with Crippen LogP contribution in [0, 0.1) is 0 Å². The van der Waals surface area contributed by atoms with Gasteiger partial charge in [-0.1, -0.05) is 42.5 Å². The number of pyridine rings is 1. The van der Waals surface area contributed by atoms with Crippen LogP contribution in [0.4, 0.5) is 0 Å². The number of nitrogens with one attached hydrogen (secondary N) is 1. The summed E-state index contributed by atoms with van der Waals surface area (Å²) < 4.78 is 18.3. The first-order valence-corrected chi connectivity index (χ1v) is 11.0. The van der Waals surface area contributed by atoms with Crippen molar-refractivity contribution in [1.29, 1.82) is 0 Å². The molecule has 0 spiro atoms. The van der Waals surface area contributed by atoms with Gasteiger partial charge in [-0.05, 0) is 29.8 Å². The molecule has 0 aliphatic carbocycles. The van der Waals surface area contributed by atoms with Crippen molar-refractivity contribution in [2.75, 3.05) is 20.8 Å². The number of hydrogen-bond donors (Lipinski definition) is 1. The number of ether oxygens (including phenoxy) is 3. The maximum atomic E-state index is 13.7. The van der Waals surface area contributed by atoms with Gasteiger partial charge in [0.15, 0.2) is 0 Å². The number of aromatic nitrogens is 1. The third kappa shape index (κ3) is 3.65. The Kier molecular flexibility index (Phi) is 5.67. The number of para-hydroxylation sites is 2. The van der Waals surface area contributed by atoms with E-state index >= 15 is 0 Å². The van der Waals surface area contributed by atoms with Gasteiger partial charge in [-0.15, -0.1) is 0 Å². The highest BCUT2D eigenvalue weighted by Crippen LogP contribution is 2.37. The number of amides is 1. The summed E-state index contributed by atoms with van der Waals surface area (Å²) in [5, 5.41) is 3.69. The molecule has 1 aromatic heterocycles.